The molecule has 0 bridgehead atoms. The highest BCUT2D eigenvalue weighted by atomic mass is 27.0. The van der Waals surface area contributed by atoms with Gasteiger partial charge in [0, 0.05) is 0 Å². The van der Waals surface area contributed by atoms with Crippen molar-refractivity contribution in [2.45, 2.75) is 18.6 Å². The van der Waals surface area contributed by atoms with E-state index in [2.05, 4.69) is 23.2 Å². The zero-order valence-electron chi connectivity index (χ0n) is 3.49. The molecule has 0 saturated carbocycles. The second-order valence-corrected chi connectivity index (χ2v) is 1.37. The van der Waals surface area contributed by atoms with Crippen molar-refractivity contribution in [3.05, 3.63) is 0 Å². The molecule has 0 aromatic carbocycles. The SMILES string of the molecule is CC[CH2][Al].O. The van der Waals surface area contributed by atoms with Gasteiger partial charge in [0.15, 0.2) is 0 Å². The van der Waals surface area contributed by atoms with E-state index in [0.717, 1.165) is 0 Å². The van der Waals surface area contributed by atoms with Crippen LogP contribution < -0.4 is 0 Å². The molecule has 2 N–H and O–H groups in total. The van der Waals surface area contributed by atoms with Gasteiger partial charge in [-0.25, -0.2) is 0 Å². The average molecular weight is 88.1 g/mol. The van der Waals surface area contributed by atoms with E-state index < -0.39 is 0 Å². The molecule has 0 aromatic rings. The van der Waals surface area contributed by atoms with Gasteiger partial charge in [-0.15, -0.1) is 5.28 Å². The van der Waals surface area contributed by atoms with E-state index in [1.165, 1.54) is 11.7 Å². The van der Waals surface area contributed by atoms with Crippen LogP contribution in [-0.2, 0) is 0 Å². The van der Waals surface area contributed by atoms with Crippen molar-refractivity contribution in [3.63, 3.8) is 0 Å². The van der Waals surface area contributed by atoms with Crippen LogP contribution >= 0.6 is 0 Å². The van der Waals surface area contributed by atoms with Crippen LogP contribution in [0.2, 0.25) is 5.28 Å². The first kappa shape index (κ1) is 9.09. The molecule has 0 heterocycles. The van der Waals surface area contributed by atoms with Crippen molar-refractivity contribution < 1.29 is 5.48 Å². The fourth-order valence-corrected chi connectivity index (χ4v) is 0. The topological polar surface area (TPSA) is 31.5 Å². The van der Waals surface area contributed by atoms with Crippen molar-refractivity contribution in [3.8, 4) is 0 Å². The van der Waals surface area contributed by atoms with Gasteiger partial charge in [0.05, 0.1) is 0 Å². The first-order chi connectivity index (χ1) is 1.91. The zero-order valence-corrected chi connectivity index (χ0v) is 4.65. The molecular formula is C3H9AlO. The molecule has 0 saturated heterocycles. The fraction of sp³-hybridized carbons (Fsp3) is 1.00. The lowest BCUT2D eigenvalue weighted by Crippen LogP contribution is -1.55. The highest BCUT2D eigenvalue weighted by Gasteiger charge is 1.56. The molecule has 0 aromatic heterocycles. The maximum absolute atomic E-state index is 2.66. The van der Waals surface area contributed by atoms with E-state index in [4.69, 9.17) is 0 Å². The molecule has 0 aliphatic rings. The molecule has 0 aliphatic heterocycles. The lowest BCUT2D eigenvalue weighted by molar-refractivity contribution is 0.824. The number of hydrogen-bond acceptors (Lipinski definition) is 0. The van der Waals surface area contributed by atoms with Crippen LogP contribution in [0.4, 0.5) is 0 Å². The van der Waals surface area contributed by atoms with E-state index in [-0.39, 0.29) is 5.48 Å². The summed E-state index contributed by atoms with van der Waals surface area (Å²) in [7, 11) is 0. The summed E-state index contributed by atoms with van der Waals surface area (Å²) in [6, 6.07) is 0. The summed E-state index contributed by atoms with van der Waals surface area (Å²) >= 11 is 2.66. The Hall–Kier alpha value is 0.492. The van der Waals surface area contributed by atoms with Crippen molar-refractivity contribution in [1.29, 1.82) is 0 Å². The quantitative estimate of drug-likeness (QED) is 0.409. The Kier molecular flexibility index (Phi) is 16.0. The van der Waals surface area contributed by atoms with E-state index in [1.54, 1.807) is 0 Å². The maximum Gasteiger partial charge on any atom is 0.118 e. The van der Waals surface area contributed by atoms with Crippen molar-refractivity contribution in [1.82, 2.24) is 0 Å². The van der Waals surface area contributed by atoms with Gasteiger partial charge in [-0.3, -0.25) is 0 Å². The average Bonchev–Trinajstić information content (AvgIpc) is 1.37. The second kappa shape index (κ2) is 8.82. The molecule has 0 aliphatic carbocycles. The Bertz CT molecular complexity index is 8.85. The third-order valence-electron chi connectivity index (χ3n) is 0.289. The van der Waals surface area contributed by atoms with E-state index in [1.807, 2.05) is 0 Å². The largest absolute Gasteiger partial charge is 0.412 e. The Morgan fingerprint density at radius 1 is 1.60 bits per heavy atom. The lowest BCUT2D eigenvalue weighted by Gasteiger charge is -1.68. The second-order valence-electron chi connectivity index (χ2n) is 0.789. The fourth-order valence-electron chi connectivity index (χ4n) is 0. The molecule has 30 valence electrons. The van der Waals surface area contributed by atoms with Crippen LogP contribution in [0.25, 0.3) is 0 Å². The summed E-state index contributed by atoms with van der Waals surface area (Å²) < 4.78 is 0. The Morgan fingerprint density at radius 2 is 1.80 bits per heavy atom. The maximum atomic E-state index is 2.66. The summed E-state index contributed by atoms with van der Waals surface area (Å²) in [4.78, 5) is 0. The molecule has 0 amide bonds. The summed E-state index contributed by atoms with van der Waals surface area (Å²) in [6.07, 6.45) is 1.28. The molecule has 0 unspecified atom stereocenters. The van der Waals surface area contributed by atoms with Gasteiger partial charge in [0.2, 0.25) is 0 Å². The van der Waals surface area contributed by atoms with E-state index >= 15 is 0 Å². The molecule has 0 spiro atoms. The van der Waals surface area contributed by atoms with Crippen molar-refractivity contribution in [2.75, 3.05) is 0 Å². The number of rotatable bonds is 1. The van der Waals surface area contributed by atoms with Crippen LogP contribution in [0, 0.1) is 0 Å². The predicted octanol–water partition coefficient (Wildman–Crippen LogP) is 0.158. The molecule has 0 rings (SSSR count). The minimum absolute atomic E-state index is 0. The first-order valence-electron chi connectivity index (χ1n) is 1.62. The van der Waals surface area contributed by atoms with Crippen LogP contribution in [0.15, 0.2) is 0 Å². The Labute approximate surface area is 41.1 Å². The third-order valence-corrected chi connectivity index (χ3v) is 0.866. The van der Waals surface area contributed by atoms with Gasteiger partial charge in [-0.05, 0) is 0 Å². The highest BCUT2D eigenvalue weighted by Crippen LogP contribution is 1.73. The number of hydrogen-bond donors (Lipinski definition) is 0. The minimum atomic E-state index is 0. The predicted molar refractivity (Wildman–Crippen MR) is 24.5 cm³/mol. The van der Waals surface area contributed by atoms with Crippen LogP contribution in [0.1, 0.15) is 13.3 Å². The van der Waals surface area contributed by atoms with Crippen molar-refractivity contribution >= 4 is 16.3 Å². The Morgan fingerprint density at radius 3 is 1.80 bits per heavy atom. The van der Waals surface area contributed by atoms with Gasteiger partial charge in [0.25, 0.3) is 0 Å². The smallest absolute Gasteiger partial charge is 0.118 e. The van der Waals surface area contributed by atoms with Gasteiger partial charge in [-0.1, -0.05) is 13.3 Å². The molecule has 0 fully saturated rings. The van der Waals surface area contributed by atoms with Gasteiger partial charge < -0.3 is 5.48 Å². The summed E-state index contributed by atoms with van der Waals surface area (Å²) in [5.74, 6) is 0. The van der Waals surface area contributed by atoms with Gasteiger partial charge in [-0.2, -0.15) is 0 Å². The monoisotopic (exact) mass is 88.0 g/mol. The first-order valence-corrected chi connectivity index (χ1v) is 2.43. The van der Waals surface area contributed by atoms with E-state index in [9.17, 15) is 0 Å². The van der Waals surface area contributed by atoms with Crippen molar-refractivity contribution in [2.24, 2.45) is 0 Å². The zero-order chi connectivity index (χ0) is 3.41. The van der Waals surface area contributed by atoms with Gasteiger partial charge >= 0.3 is 0 Å². The molecule has 1 nitrogen and oxygen atoms in total. The summed E-state index contributed by atoms with van der Waals surface area (Å²) in [5, 5.41) is 1.24. The normalized spacial score (nSPS) is 5.80. The van der Waals surface area contributed by atoms with Crippen LogP contribution in [0.3, 0.4) is 0 Å². The molecule has 2 heteroatoms. The summed E-state index contributed by atoms with van der Waals surface area (Å²) in [5.41, 5.74) is 0. The molecule has 5 heavy (non-hydrogen) atoms. The highest BCUT2D eigenvalue weighted by molar-refractivity contribution is 6.08. The summed E-state index contributed by atoms with van der Waals surface area (Å²) in [6.45, 7) is 2.16. The van der Waals surface area contributed by atoms with Crippen LogP contribution in [0.5, 0.6) is 0 Å². The van der Waals surface area contributed by atoms with E-state index in [0.29, 0.717) is 0 Å². The standard InChI is InChI=1S/C3H7.Al.H2O/c1-3-2;;/h1,3H2,2H3;;1H2. The molecule has 2 radical (unpaired) electrons. The molecule has 0 atom stereocenters. The van der Waals surface area contributed by atoms with Gasteiger partial charge in [0.1, 0.15) is 16.3 Å². The molecular weight excluding hydrogens is 79.0 g/mol. The minimum Gasteiger partial charge on any atom is -0.412 e. The Balaban J connectivity index is 0. The van der Waals surface area contributed by atoms with Crippen LogP contribution in [-0.4, -0.2) is 21.8 Å². The third kappa shape index (κ3) is 12.5. The lowest BCUT2D eigenvalue weighted by atomic mass is 10.6.